The van der Waals surface area contributed by atoms with E-state index in [1.54, 1.807) is 13.3 Å². The smallest absolute Gasteiger partial charge is 0.278 e. The molecule has 0 spiro atoms. The monoisotopic (exact) mass is 223 g/mol. The van der Waals surface area contributed by atoms with Crippen molar-refractivity contribution >= 4 is 14.5 Å². The van der Waals surface area contributed by atoms with Gasteiger partial charge in [0.25, 0.3) is 8.32 Å². The van der Waals surface area contributed by atoms with Crippen LogP contribution in [0.4, 0.5) is 0 Å². The molecule has 82 valence electrons. The van der Waals surface area contributed by atoms with E-state index in [-0.39, 0.29) is 0 Å². The minimum atomic E-state index is -1.58. The van der Waals surface area contributed by atoms with E-state index in [0.29, 0.717) is 0 Å². The van der Waals surface area contributed by atoms with E-state index in [2.05, 4.69) is 24.8 Å². The zero-order valence-electron chi connectivity index (χ0n) is 9.65. The SMILES string of the molecule is COc1ccccc1/C=N/O[Si](C)(C)C. The second-order valence-electron chi connectivity index (χ2n) is 4.18. The maximum Gasteiger partial charge on any atom is 0.278 e. The lowest BCUT2D eigenvalue weighted by atomic mass is 10.2. The fourth-order valence-corrected chi connectivity index (χ4v) is 1.38. The molecule has 0 fully saturated rings. The predicted molar refractivity (Wildman–Crippen MR) is 65.0 cm³/mol. The third kappa shape index (κ3) is 4.16. The maximum absolute atomic E-state index is 5.39. The highest BCUT2D eigenvalue weighted by atomic mass is 28.4. The third-order valence-electron chi connectivity index (χ3n) is 1.66. The van der Waals surface area contributed by atoms with Gasteiger partial charge in [0.1, 0.15) is 5.75 Å². The van der Waals surface area contributed by atoms with Gasteiger partial charge in [0.15, 0.2) is 0 Å². The second-order valence-corrected chi connectivity index (χ2v) is 8.59. The minimum absolute atomic E-state index is 0.806. The maximum atomic E-state index is 5.39. The van der Waals surface area contributed by atoms with E-state index < -0.39 is 8.32 Å². The number of nitrogens with zero attached hydrogens (tertiary/aromatic N) is 1. The van der Waals surface area contributed by atoms with Crippen molar-refractivity contribution in [1.82, 2.24) is 0 Å². The first-order chi connectivity index (χ1) is 7.03. The van der Waals surface area contributed by atoms with Crippen LogP contribution in [-0.2, 0) is 4.53 Å². The summed E-state index contributed by atoms with van der Waals surface area (Å²) in [4.78, 5) is 0. The van der Waals surface area contributed by atoms with Gasteiger partial charge in [-0.2, -0.15) is 0 Å². The van der Waals surface area contributed by atoms with E-state index in [1.807, 2.05) is 24.3 Å². The Kier molecular flexibility index (Phi) is 3.91. The van der Waals surface area contributed by atoms with Crippen molar-refractivity contribution in [2.75, 3.05) is 7.11 Å². The quantitative estimate of drug-likeness (QED) is 0.446. The summed E-state index contributed by atoms with van der Waals surface area (Å²) in [5.74, 6) is 0.806. The minimum Gasteiger partial charge on any atom is -0.496 e. The topological polar surface area (TPSA) is 30.8 Å². The summed E-state index contributed by atoms with van der Waals surface area (Å²) < 4.78 is 10.6. The Labute approximate surface area is 91.8 Å². The molecule has 1 aromatic carbocycles. The molecule has 0 atom stereocenters. The van der Waals surface area contributed by atoms with Crippen molar-refractivity contribution in [2.24, 2.45) is 5.16 Å². The van der Waals surface area contributed by atoms with Crippen LogP contribution in [0.15, 0.2) is 29.4 Å². The van der Waals surface area contributed by atoms with Crippen LogP contribution >= 0.6 is 0 Å². The Morgan fingerprint density at radius 1 is 1.20 bits per heavy atom. The largest absolute Gasteiger partial charge is 0.496 e. The fourth-order valence-electron chi connectivity index (χ4n) is 1.01. The van der Waals surface area contributed by atoms with Crippen LogP contribution in [0.3, 0.4) is 0 Å². The van der Waals surface area contributed by atoms with E-state index in [1.165, 1.54) is 0 Å². The van der Waals surface area contributed by atoms with E-state index in [4.69, 9.17) is 9.26 Å². The van der Waals surface area contributed by atoms with Crippen molar-refractivity contribution in [3.63, 3.8) is 0 Å². The lowest BCUT2D eigenvalue weighted by molar-refractivity contribution is 0.337. The average Bonchev–Trinajstić information content (AvgIpc) is 2.16. The first kappa shape index (κ1) is 11.8. The van der Waals surface area contributed by atoms with Crippen molar-refractivity contribution in [3.8, 4) is 5.75 Å². The highest BCUT2D eigenvalue weighted by Gasteiger charge is 2.15. The molecule has 0 heterocycles. The van der Waals surface area contributed by atoms with Crippen LogP contribution in [0.1, 0.15) is 5.56 Å². The van der Waals surface area contributed by atoms with Crippen LogP contribution in [-0.4, -0.2) is 21.6 Å². The number of para-hydroxylation sites is 1. The van der Waals surface area contributed by atoms with Gasteiger partial charge in [-0.3, -0.25) is 0 Å². The third-order valence-corrected chi connectivity index (χ3v) is 2.31. The summed E-state index contributed by atoms with van der Waals surface area (Å²) in [6.07, 6.45) is 1.69. The van der Waals surface area contributed by atoms with Crippen molar-refractivity contribution in [1.29, 1.82) is 0 Å². The van der Waals surface area contributed by atoms with Crippen molar-refractivity contribution in [2.45, 2.75) is 19.6 Å². The highest BCUT2D eigenvalue weighted by molar-refractivity contribution is 6.69. The first-order valence-corrected chi connectivity index (χ1v) is 8.28. The molecule has 0 aliphatic rings. The molecule has 4 heteroatoms. The Hall–Kier alpha value is -1.29. The van der Waals surface area contributed by atoms with Crippen molar-refractivity contribution < 1.29 is 9.26 Å². The number of hydrogen-bond acceptors (Lipinski definition) is 3. The summed E-state index contributed by atoms with van der Waals surface area (Å²) in [5, 5.41) is 3.98. The molecule has 0 unspecified atom stereocenters. The number of methoxy groups -OCH3 is 1. The lowest BCUT2D eigenvalue weighted by Gasteiger charge is -2.12. The normalized spacial score (nSPS) is 11.7. The summed E-state index contributed by atoms with van der Waals surface area (Å²) in [6.45, 7) is 6.27. The number of benzene rings is 1. The lowest BCUT2D eigenvalue weighted by Crippen LogP contribution is -2.22. The van der Waals surface area contributed by atoms with Crippen LogP contribution in [0.5, 0.6) is 5.75 Å². The Balaban J connectivity index is 2.72. The van der Waals surface area contributed by atoms with E-state index in [9.17, 15) is 0 Å². The summed E-state index contributed by atoms with van der Waals surface area (Å²) in [5.41, 5.74) is 0.929. The van der Waals surface area contributed by atoms with Crippen LogP contribution < -0.4 is 4.74 Å². The molecular formula is C11H17NO2Si. The molecule has 0 aromatic heterocycles. The fraction of sp³-hybridized carbons (Fsp3) is 0.364. The molecule has 0 radical (unpaired) electrons. The Morgan fingerprint density at radius 3 is 2.47 bits per heavy atom. The number of ether oxygens (including phenoxy) is 1. The van der Waals surface area contributed by atoms with Crippen LogP contribution in [0, 0.1) is 0 Å². The van der Waals surface area contributed by atoms with E-state index in [0.717, 1.165) is 11.3 Å². The Bertz CT molecular complexity index is 345. The zero-order chi connectivity index (χ0) is 11.3. The number of oxime groups is 1. The molecule has 1 rings (SSSR count). The van der Waals surface area contributed by atoms with Gasteiger partial charge >= 0.3 is 0 Å². The second kappa shape index (κ2) is 4.98. The molecule has 0 aliphatic heterocycles. The summed E-state index contributed by atoms with van der Waals surface area (Å²) in [6, 6.07) is 7.71. The van der Waals surface area contributed by atoms with Gasteiger partial charge in [0.2, 0.25) is 0 Å². The average molecular weight is 223 g/mol. The molecule has 3 nitrogen and oxygen atoms in total. The standard InChI is InChI=1S/C11H17NO2Si/c1-13-11-8-6-5-7-10(11)9-12-14-15(2,3)4/h5-9H,1-4H3/b12-9+. The van der Waals surface area contributed by atoms with Gasteiger partial charge in [0.05, 0.1) is 13.3 Å². The molecule has 0 bridgehead atoms. The highest BCUT2D eigenvalue weighted by Crippen LogP contribution is 2.15. The van der Waals surface area contributed by atoms with Gasteiger partial charge in [-0.15, -0.1) is 5.16 Å². The molecule has 0 N–H and O–H groups in total. The van der Waals surface area contributed by atoms with Crippen molar-refractivity contribution in [3.05, 3.63) is 29.8 Å². The summed E-state index contributed by atoms with van der Waals surface area (Å²) >= 11 is 0. The van der Waals surface area contributed by atoms with Gasteiger partial charge < -0.3 is 9.26 Å². The molecule has 0 aliphatic carbocycles. The predicted octanol–water partition coefficient (Wildman–Crippen LogP) is 2.88. The van der Waals surface area contributed by atoms with Gasteiger partial charge in [-0.1, -0.05) is 12.1 Å². The molecule has 0 saturated carbocycles. The van der Waals surface area contributed by atoms with Crippen LogP contribution in [0.25, 0.3) is 0 Å². The molecule has 0 amide bonds. The van der Waals surface area contributed by atoms with Gasteiger partial charge in [-0.25, -0.2) is 0 Å². The van der Waals surface area contributed by atoms with Gasteiger partial charge in [0, 0.05) is 5.56 Å². The number of hydrogen-bond donors (Lipinski definition) is 0. The zero-order valence-corrected chi connectivity index (χ0v) is 10.7. The number of rotatable bonds is 4. The van der Waals surface area contributed by atoms with Crippen LogP contribution in [0.2, 0.25) is 19.6 Å². The molecular weight excluding hydrogens is 206 g/mol. The first-order valence-electron chi connectivity index (χ1n) is 4.87. The van der Waals surface area contributed by atoms with E-state index >= 15 is 0 Å². The Morgan fingerprint density at radius 2 is 1.87 bits per heavy atom. The molecule has 15 heavy (non-hydrogen) atoms. The van der Waals surface area contributed by atoms with Gasteiger partial charge in [-0.05, 0) is 31.8 Å². The summed E-state index contributed by atoms with van der Waals surface area (Å²) in [7, 11) is 0.0675. The molecule has 0 saturated heterocycles. The molecule has 1 aromatic rings.